The topological polar surface area (TPSA) is 35.8 Å². The van der Waals surface area contributed by atoms with Crippen molar-refractivity contribution in [3.63, 3.8) is 0 Å². The second-order valence-electron chi connectivity index (χ2n) is 4.69. The maximum Gasteiger partial charge on any atom is 0.132 e. The van der Waals surface area contributed by atoms with Gasteiger partial charge in [-0.2, -0.15) is 5.26 Å². The van der Waals surface area contributed by atoms with Crippen LogP contribution in [0, 0.1) is 23.1 Å². The molecule has 0 radical (unpaired) electrons. The molecule has 1 fully saturated rings. The second kappa shape index (κ2) is 4.75. The van der Waals surface area contributed by atoms with Gasteiger partial charge in [-0.1, -0.05) is 15.9 Å². The Bertz CT molecular complexity index is 465. The quantitative estimate of drug-likeness (QED) is 0.925. The van der Waals surface area contributed by atoms with Crippen molar-refractivity contribution in [3.8, 4) is 6.07 Å². The lowest BCUT2D eigenvalue weighted by atomic mass is 9.93. The standard InChI is InChI=1S/C13H14BrFN2/c1-13(8-16,17-7-9-2-3-9)11-6-10(14)4-5-12(11)15/h4-6,9,17H,2-3,7H2,1H3. The predicted molar refractivity (Wildman–Crippen MR) is 67.8 cm³/mol. The summed E-state index contributed by atoms with van der Waals surface area (Å²) in [7, 11) is 0. The zero-order valence-electron chi connectivity index (χ0n) is 9.63. The molecule has 1 N–H and O–H groups in total. The molecular formula is C13H14BrFN2. The third-order valence-corrected chi connectivity index (χ3v) is 3.63. The van der Waals surface area contributed by atoms with Gasteiger partial charge in [0.1, 0.15) is 11.4 Å². The van der Waals surface area contributed by atoms with E-state index >= 15 is 0 Å². The van der Waals surface area contributed by atoms with Gasteiger partial charge in [0.15, 0.2) is 0 Å². The molecule has 0 saturated heterocycles. The fourth-order valence-corrected chi connectivity index (χ4v) is 2.11. The molecular weight excluding hydrogens is 283 g/mol. The van der Waals surface area contributed by atoms with E-state index in [4.69, 9.17) is 0 Å². The first-order chi connectivity index (χ1) is 8.05. The van der Waals surface area contributed by atoms with Crippen molar-refractivity contribution in [1.82, 2.24) is 5.32 Å². The average molecular weight is 297 g/mol. The van der Waals surface area contributed by atoms with E-state index in [2.05, 4.69) is 27.3 Å². The molecule has 1 aliphatic carbocycles. The summed E-state index contributed by atoms with van der Waals surface area (Å²) in [5.41, 5.74) is -0.564. The number of nitrogens with one attached hydrogen (secondary N) is 1. The lowest BCUT2D eigenvalue weighted by molar-refractivity contribution is 0.431. The van der Waals surface area contributed by atoms with Gasteiger partial charge < -0.3 is 0 Å². The van der Waals surface area contributed by atoms with Crippen LogP contribution in [0.15, 0.2) is 22.7 Å². The van der Waals surface area contributed by atoms with Gasteiger partial charge in [-0.05, 0) is 50.4 Å². The molecule has 17 heavy (non-hydrogen) atoms. The van der Waals surface area contributed by atoms with Crippen LogP contribution < -0.4 is 5.32 Å². The Kier molecular flexibility index (Phi) is 3.50. The third kappa shape index (κ3) is 2.85. The maximum atomic E-state index is 13.8. The van der Waals surface area contributed by atoms with Crippen LogP contribution >= 0.6 is 15.9 Å². The minimum atomic E-state index is -0.962. The van der Waals surface area contributed by atoms with Crippen LogP contribution in [-0.2, 0) is 5.54 Å². The molecule has 0 aromatic heterocycles. The smallest absolute Gasteiger partial charge is 0.132 e. The minimum absolute atomic E-state index is 0.347. The summed E-state index contributed by atoms with van der Waals surface area (Å²) in [6, 6.07) is 6.86. The van der Waals surface area contributed by atoms with E-state index in [0.717, 1.165) is 11.0 Å². The monoisotopic (exact) mass is 296 g/mol. The lowest BCUT2D eigenvalue weighted by Gasteiger charge is -2.24. The number of nitriles is 1. The number of halogens is 2. The SMILES string of the molecule is CC(C#N)(NCC1CC1)c1cc(Br)ccc1F. The maximum absolute atomic E-state index is 13.8. The molecule has 0 spiro atoms. The number of rotatable bonds is 4. The largest absolute Gasteiger partial charge is 0.296 e. The van der Waals surface area contributed by atoms with Crippen LogP contribution in [0.4, 0.5) is 4.39 Å². The summed E-state index contributed by atoms with van der Waals surface area (Å²) in [4.78, 5) is 0. The molecule has 1 aromatic rings. The molecule has 0 aliphatic heterocycles. The van der Waals surface area contributed by atoms with Crippen LogP contribution in [0.1, 0.15) is 25.3 Å². The van der Waals surface area contributed by atoms with E-state index in [1.807, 2.05) is 0 Å². The average Bonchev–Trinajstić information content (AvgIpc) is 3.13. The Morgan fingerprint density at radius 1 is 1.59 bits per heavy atom. The summed E-state index contributed by atoms with van der Waals surface area (Å²) in [5, 5.41) is 12.5. The van der Waals surface area contributed by atoms with Crippen LogP contribution in [0.3, 0.4) is 0 Å². The molecule has 0 heterocycles. The fourth-order valence-electron chi connectivity index (χ4n) is 1.75. The second-order valence-corrected chi connectivity index (χ2v) is 5.60. The van der Waals surface area contributed by atoms with Gasteiger partial charge in [-0.3, -0.25) is 5.32 Å². The van der Waals surface area contributed by atoms with E-state index in [9.17, 15) is 9.65 Å². The summed E-state index contributed by atoms with van der Waals surface area (Å²) < 4.78 is 14.6. The van der Waals surface area contributed by atoms with Gasteiger partial charge >= 0.3 is 0 Å². The lowest BCUT2D eigenvalue weighted by Crippen LogP contribution is -2.40. The van der Waals surface area contributed by atoms with Crippen molar-refractivity contribution in [2.24, 2.45) is 5.92 Å². The highest BCUT2D eigenvalue weighted by Crippen LogP contribution is 2.31. The molecule has 0 bridgehead atoms. The number of hydrogen-bond donors (Lipinski definition) is 1. The molecule has 2 rings (SSSR count). The Morgan fingerprint density at radius 3 is 2.88 bits per heavy atom. The van der Waals surface area contributed by atoms with Gasteiger partial charge in [-0.15, -0.1) is 0 Å². The molecule has 1 unspecified atom stereocenters. The Balaban J connectivity index is 2.25. The van der Waals surface area contributed by atoms with Crippen LogP contribution in [0.25, 0.3) is 0 Å². The van der Waals surface area contributed by atoms with Crippen molar-refractivity contribution in [3.05, 3.63) is 34.1 Å². The van der Waals surface area contributed by atoms with E-state index < -0.39 is 5.54 Å². The first kappa shape index (κ1) is 12.5. The normalized spacial score (nSPS) is 18.5. The Hall–Kier alpha value is -0.920. The third-order valence-electron chi connectivity index (χ3n) is 3.13. The van der Waals surface area contributed by atoms with Gasteiger partial charge in [0, 0.05) is 10.0 Å². The molecule has 1 aromatic carbocycles. The summed E-state index contributed by atoms with van der Waals surface area (Å²) >= 11 is 3.31. The fraction of sp³-hybridized carbons (Fsp3) is 0.462. The van der Waals surface area contributed by atoms with E-state index in [0.29, 0.717) is 11.5 Å². The predicted octanol–water partition coefficient (Wildman–Crippen LogP) is 3.33. The zero-order chi connectivity index (χ0) is 12.5. The highest BCUT2D eigenvalue weighted by atomic mass is 79.9. The van der Waals surface area contributed by atoms with E-state index in [1.165, 1.54) is 18.9 Å². The van der Waals surface area contributed by atoms with Gasteiger partial charge in [0.05, 0.1) is 6.07 Å². The first-order valence-electron chi connectivity index (χ1n) is 5.67. The highest BCUT2D eigenvalue weighted by Gasteiger charge is 2.32. The van der Waals surface area contributed by atoms with E-state index in [1.54, 1.807) is 19.1 Å². The molecule has 2 nitrogen and oxygen atoms in total. The number of benzene rings is 1. The van der Waals surface area contributed by atoms with E-state index in [-0.39, 0.29) is 5.82 Å². The van der Waals surface area contributed by atoms with Crippen molar-refractivity contribution in [1.29, 1.82) is 5.26 Å². The van der Waals surface area contributed by atoms with Gasteiger partial charge in [-0.25, -0.2) is 4.39 Å². The summed E-state index contributed by atoms with van der Waals surface area (Å²) in [6.45, 7) is 2.50. The molecule has 0 amide bonds. The Labute approximate surface area is 109 Å². The minimum Gasteiger partial charge on any atom is -0.296 e. The first-order valence-corrected chi connectivity index (χ1v) is 6.46. The van der Waals surface area contributed by atoms with Crippen molar-refractivity contribution in [2.45, 2.75) is 25.3 Å². The molecule has 1 atom stereocenters. The number of nitrogens with zero attached hydrogens (tertiary/aromatic N) is 1. The molecule has 90 valence electrons. The summed E-state index contributed by atoms with van der Waals surface area (Å²) in [5.74, 6) is 0.304. The molecule has 1 saturated carbocycles. The van der Waals surface area contributed by atoms with Gasteiger partial charge in [0.25, 0.3) is 0 Å². The summed E-state index contributed by atoms with van der Waals surface area (Å²) in [6.07, 6.45) is 2.41. The molecule has 1 aliphatic rings. The zero-order valence-corrected chi connectivity index (χ0v) is 11.2. The highest BCUT2D eigenvalue weighted by molar-refractivity contribution is 9.10. The van der Waals surface area contributed by atoms with Crippen LogP contribution in [0.2, 0.25) is 0 Å². The van der Waals surface area contributed by atoms with Crippen LogP contribution in [-0.4, -0.2) is 6.54 Å². The van der Waals surface area contributed by atoms with Crippen molar-refractivity contribution >= 4 is 15.9 Å². The van der Waals surface area contributed by atoms with Gasteiger partial charge in [0.2, 0.25) is 0 Å². The number of hydrogen-bond acceptors (Lipinski definition) is 2. The van der Waals surface area contributed by atoms with Crippen molar-refractivity contribution in [2.75, 3.05) is 6.54 Å². The van der Waals surface area contributed by atoms with Crippen LogP contribution in [0.5, 0.6) is 0 Å². The molecule has 4 heteroatoms. The Morgan fingerprint density at radius 2 is 2.29 bits per heavy atom. The van der Waals surface area contributed by atoms with Crippen molar-refractivity contribution < 1.29 is 4.39 Å².